The van der Waals surface area contributed by atoms with Crippen LogP contribution in [-0.2, 0) is 9.53 Å². The van der Waals surface area contributed by atoms with Crippen molar-refractivity contribution < 1.29 is 9.53 Å². The molecule has 3 rings (SSSR count). The normalized spacial score (nSPS) is 30.3. The molecule has 0 spiro atoms. The van der Waals surface area contributed by atoms with Crippen LogP contribution in [0.25, 0.3) is 0 Å². The first-order valence-electron chi connectivity index (χ1n) is 7.26. The molecule has 1 aliphatic heterocycles. The number of carbonyl (C=O) groups excluding carboxylic acids is 1. The van der Waals surface area contributed by atoms with Gasteiger partial charge in [0, 0.05) is 5.92 Å². The second kappa shape index (κ2) is 4.97. The summed E-state index contributed by atoms with van der Waals surface area (Å²) in [5.41, 5.74) is 0.899. The quantitative estimate of drug-likeness (QED) is 0.778. The van der Waals surface area contributed by atoms with Crippen LogP contribution in [0.3, 0.4) is 0 Å². The highest BCUT2D eigenvalue weighted by atomic mass is 16.5. The number of nitrogens with zero attached hydrogens (tertiary/aromatic N) is 1. The van der Waals surface area contributed by atoms with E-state index < -0.39 is 0 Å². The van der Waals surface area contributed by atoms with Crippen LogP contribution in [0.5, 0.6) is 0 Å². The molecule has 1 saturated heterocycles. The van der Waals surface area contributed by atoms with E-state index in [2.05, 4.69) is 17.0 Å². The van der Waals surface area contributed by atoms with Crippen molar-refractivity contribution in [3.63, 3.8) is 0 Å². The van der Waals surface area contributed by atoms with Crippen LogP contribution in [0.2, 0.25) is 0 Å². The summed E-state index contributed by atoms with van der Waals surface area (Å²) >= 11 is 0. The lowest BCUT2D eigenvalue weighted by atomic mass is 10.1. The Kier molecular flexibility index (Phi) is 3.31. The van der Waals surface area contributed by atoms with E-state index in [1.54, 1.807) is 0 Å². The van der Waals surface area contributed by atoms with Gasteiger partial charge in [0.15, 0.2) is 0 Å². The van der Waals surface area contributed by atoms with Gasteiger partial charge in [-0.1, -0.05) is 30.3 Å². The molecule has 0 radical (unpaired) electrons. The lowest BCUT2D eigenvalue weighted by Crippen LogP contribution is -2.44. The lowest BCUT2D eigenvalue weighted by molar-refractivity contribution is -0.151. The molecule has 3 heteroatoms. The van der Waals surface area contributed by atoms with Crippen LogP contribution >= 0.6 is 0 Å². The largest absolute Gasteiger partial charge is 0.465 e. The summed E-state index contributed by atoms with van der Waals surface area (Å²) in [6.07, 6.45) is 3.31. The highest BCUT2D eigenvalue weighted by Crippen LogP contribution is 2.57. The Bertz CT molecular complexity index is 453. The van der Waals surface area contributed by atoms with Crippen molar-refractivity contribution in [2.75, 3.05) is 19.7 Å². The molecular weight excluding hydrogens is 238 g/mol. The van der Waals surface area contributed by atoms with Crippen LogP contribution in [0.1, 0.15) is 37.7 Å². The molecule has 3 nitrogen and oxygen atoms in total. The number of rotatable bonds is 4. The van der Waals surface area contributed by atoms with Crippen LogP contribution in [-0.4, -0.2) is 36.1 Å². The molecular formula is C16H21NO2. The van der Waals surface area contributed by atoms with Gasteiger partial charge >= 0.3 is 5.97 Å². The smallest absolute Gasteiger partial charge is 0.327 e. The van der Waals surface area contributed by atoms with Gasteiger partial charge < -0.3 is 4.74 Å². The van der Waals surface area contributed by atoms with Crippen molar-refractivity contribution in [3.8, 4) is 0 Å². The number of esters is 1. The van der Waals surface area contributed by atoms with E-state index in [1.807, 2.05) is 25.1 Å². The first-order valence-corrected chi connectivity index (χ1v) is 7.26. The second-order valence-electron chi connectivity index (χ2n) is 5.51. The zero-order chi connectivity index (χ0) is 13.3. The zero-order valence-corrected chi connectivity index (χ0v) is 11.5. The lowest BCUT2D eigenvalue weighted by Gasteiger charge is -2.27. The number of carbonyl (C=O) groups is 1. The van der Waals surface area contributed by atoms with Gasteiger partial charge in [-0.2, -0.15) is 0 Å². The topological polar surface area (TPSA) is 29.5 Å². The fourth-order valence-electron chi connectivity index (χ4n) is 3.41. The van der Waals surface area contributed by atoms with Gasteiger partial charge in [-0.3, -0.25) is 9.69 Å². The number of benzene rings is 1. The molecule has 1 saturated carbocycles. The molecule has 19 heavy (non-hydrogen) atoms. The van der Waals surface area contributed by atoms with Crippen molar-refractivity contribution in [3.05, 3.63) is 35.9 Å². The SMILES string of the molecule is CCOC(=O)[C@]1(N2CCCC2)C[C@H]1c1ccccc1. The summed E-state index contributed by atoms with van der Waals surface area (Å²) in [4.78, 5) is 14.8. The van der Waals surface area contributed by atoms with Crippen LogP contribution in [0.4, 0.5) is 0 Å². The molecule has 102 valence electrons. The summed E-state index contributed by atoms with van der Waals surface area (Å²) in [7, 11) is 0. The van der Waals surface area contributed by atoms with Crippen molar-refractivity contribution in [1.29, 1.82) is 0 Å². The van der Waals surface area contributed by atoms with E-state index >= 15 is 0 Å². The first-order chi connectivity index (χ1) is 9.29. The minimum absolute atomic E-state index is 0.0225. The van der Waals surface area contributed by atoms with E-state index in [9.17, 15) is 4.79 Å². The zero-order valence-electron chi connectivity index (χ0n) is 11.5. The number of ether oxygens (including phenoxy) is 1. The van der Waals surface area contributed by atoms with E-state index in [1.165, 1.54) is 18.4 Å². The molecule has 2 aliphatic rings. The monoisotopic (exact) mass is 259 g/mol. The molecule has 0 bridgehead atoms. The molecule has 1 aliphatic carbocycles. The number of likely N-dealkylation sites (tertiary alicyclic amines) is 1. The third-order valence-corrected chi connectivity index (χ3v) is 4.43. The average Bonchev–Trinajstić information content (AvgIpc) is 2.97. The van der Waals surface area contributed by atoms with Crippen LogP contribution in [0.15, 0.2) is 30.3 Å². The number of hydrogen-bond acceptors (Lipinski definition) is 3. The summed E-state index contributed by atoms with van der Waals surface area (Å²) in [5, 5.41) is 0. The molecule has 0 amide bonds. The fourth-order valence-corrected chi connectivity index (χ4v) is 3.41. The number of hydrogen-bond donors (Lipinski definition) is 0. The van der Waals surface area contributed by atoms with Crippen molar-refractivity contribution in [1.82, 2.24) is 4.90 Å². The molecule has 0 unspecified atom stereocenters. The van der Waals surface area contributed by atoms with E-state index in [0.29, 0.717) is 12.5 Å². The summed E-state index contributed by atoms with van der Waals surface area (Å²) in [5.74, 6) is 0.289. The standard InChI is InChI=1S/C16H21NO2/c1-2-19-15(18)16(17-10-6-7-11-17)12-14(16)13-8-4-3-5-9-13/h3-5,8-9,14H,2,6-7,10-12H2,1H3/t14-,16-/m0/s1. The maximum Gasteiger partial charge on any atom is 0.327 e. The Balaban J connectivity index is 1.86. The van der Waals surface area contributed by atoms with Gasteiger partial charge in [0.25, 0.3) is 0 Å². The van der Waals surface area contributed by atoms with Crippen molar-refractivity contribution in [2.24, 2.45) is 0 Å². The Labute approximate surface area is 114 Å². The van der Waals surface area contributed by atoms with Gasteiger partial charge in [0.2, 0.25) is 0 Å². The summed E-state index contributed by atoms with van der Waals surface area (Å²) in [6, 6.07) is 10.4. The summed E-state index contributed by atoms with van der Waals surface area (Å²) < 4.78 is 5.35. The third kappa shape index (κ3) is 2.06. The Morgan fingerprint density at radius 3 is 2.63 bits per heavy atom. The molecule has 1 aromatic rings. The second-order valence-corrected chi connectivity index (χ2v) is 5.51. The summed E-state index contributed by atoms with van der Waals surface area (Å²) in [6.45, 7) is 4.41. The first kappa shape index (κ1) is 12.7. The van der Waals surface area contributed by atoms with Gasteiger partial charge in [0.1, 0.15) is 5.54 Å². The molecule has 0 N–H and O–H groups in total. The van der Waals surface area contributed by atoms with Gasteiger partial charge in [-0.15, -0.1) is 0 Å². The van der Waals surface area contributed by atoms with E-state index in [4.69, 9.17) is 4.74 Å². The van der Waals surface area contributed by atoms with Crippen molar-refractivity contribution >= 4 is 5.97 Å². The molecule has 2 fully saturated rings. The van der Waals surface area contributed by atoms with Crippen molar-refractivity contribution in [2.45, 2.75) is 37.6 Å². The fraction of sp³-hybridized carbons (Fsp3) is 0.562. The predicted octanol–water partition coefficient (Wildman–Crippen LogP) is 2.57. The highest BCUT2D eigenvalue weighted by Gasteiger charge is 2.65. The van der Waals surface area contributed by atoms with Gasteiger partial charge in [0.05, 0.1) is 6.61 Å². The Morgan fingerprint density at radius 1 is 1.32 bits per heavy atom. The van der Waals surface area contributed by atoms with Gasteiger partial charge in [-0.25, -0.2) is 0 Å². The molecule has 0 aromatic heterocycles. The van der Waals surface area contributed by atoms with Crippen LogP contribution in [0, 0.1) is 0 Å². The third-order valence-electron chi connectivity index (χ3n) is 4.43. The van der Waals surface area contributed by atoms with Gasteiger partial charge in [-0.05, 0) is 44.8 Å². The highest BCUT2D eigenvalue weighted by molar-refractivity contribution is 5.87. The van der Waals surface area contributed by atoms with E-state index in [0.717, 1.165) is 19.5 Å². The molecule has 1 heterocycles. The van der Waals surface area contributed by atoms with Crippen LogP contribution < -0.4 is 0 Å². The molecule has 2 atom stereocenters. The molecule has 1 aromatic carbocycles. The maximum absolute atomic E-state index is 12.4. The Hall–Kier alpha value is -1.35. The van der Waals surface area contributed by atoms with E-state index in [-0.39, 0.29) is 11.5 Å². The predicted molar refractivity (Wildman–Crippen MR) is 74.0 cm³/mol. The Morgan fingerprint density at radius 2 is 2.00 bits per heavy atom. The minimum Gasteiger partial charge on any atom is -0.465 e. The minimum atomic E-state index is -0.367. The average molecular weight is 259 g/mol. The maximum atomic E-state index is 12.4.